The smallest absolute Gasteiger partial charge is 0.176 e. The number of ether oxygens (including phenoxy) is 1. The minimum Gasteiger partial charge on any atom is -0.504 e. The van der Waals surface area contributed by atoms with Crippen molar-refractivity contribution < 1.29 is 14.6 Å². The van der Waals surface area contributed by atoms with E-state index in [-0.39, 0.29) is 29.6 Å². The van der Waals surface area contributed by atoms with Gasteiger partial charge < -0.3 is 15.6 Å². The number of carbonyl (C=O) groups is 1. The first-order valence-corrected chi connectivity index (χ1v) is 6.64. The van der Waals surface area contributed by atoms with Crippen LogP contribution in [0.3, 0.4) is 0 Å². The number of phenols is 1. The van der Waals surface area contributed by atoms with E-state index < -0.39 is 0 Å². The molecule has 1 aromatic rings. The van der Waals surface area contributed by atoms with Crippen LogP contribution in [0.2, 0.25) is 0 Å². The Bertz CT molecular complexity index is 482. The fraction of sp³-hybridized carbons (Fsp3) is 0.533. The molecule has 1 saturated carbocycles. The monoisotopic (exact) mass is 263 g/mol. The third-order valence-corrected chi connectivity index (χ3v) is 3.68. The lowest BCUT2D eigenvalue weighted by Crippen LogP contribution is -2.16. The predicted molar refractivity (Wildman–Crippen MR) is 73.5 cm³/mol. The van der Waals surface area contributed by atoms with Crippen LogP contribution in [-0.2, 0) is 0 Å². The summed E-state index contributed by atoms with van der Waals surface area (Å²) in [5, 5.41) is 9.81. The molecule has 4 heteroatoms. The van der Waals surface area contributed by atoms with Gasteiger partial charge in [-0.3, -0.25) is 4.79 Å². The van der Waals surface area contributed by atoms with Crippen LogP contribution in [0.1, 0.15) is 43.5 Å². The maximum Gasteiger partial charge on any atom is 0.176 e. The van der Waals surface area contributed by atoms with Crippen molar-refractivity contribution in [2.75, 3.05) is 6.54 Å². The van der Waals surface area contributed by atoms with Crippen molar-refractivity contribution in [1.82, 2.24) is 0 Å². The van der Waals surface area contributed by atoms with Gasteiger partial charge in [0.05, 0.1) is 12.6 Å². The minimum absolute atomic E-state index is 0.0410. The standard InChI is InChI=1S/C15H21NO3/c1-15(2)6-5-11(8-15)19-14-7-10(13(18)9-16)3-4-12(14)17/h3-4,7,11,17H,5-6,8-9,16H2,1-2H3. The lowest BCUT2D eigenvalue weighted by molar-refractivity contribution is 0.1000. The van der Waals surface area contributed by atoms with Gasteiger partial charge in [-0.25, -0.2) is 0 Å². The molecule has 0 radical (unpaired) electrons. The van der Waals surface area contributed by atoms with Crippen LogP contribution in [0.4, 0.5) is 0 Å². The molecule has 0 heterocycles. The number of carbonyl (C=O) groups excluding carboxylic acids is 1. The Balaban J connectivity index is 2.14. The third-order valence-electron chi connectivity index (χ3n) is 3.68. The zero-order chi connectivity index (χ0) is 14.0. The van der Waals surface area contributed by atoms with E-state index >= 15 is 0 Å². The average molecular weight is 263 g/mol. The van der Waals surface area contributed by atoms with Gasteiger partial charge in [-0.15, -0.1) is 0 Å². The number of benzene rings is 1. The van der Waals surface area contributed by atoms with Gasteiger partial charge in [0.15, 0.2) is 17.3 Å². The molecule has 0 amide bonds. The largest absolute Gasteiger partial charge is 0.504 e. The number of hydrogen-bond donors (Lipinski definition) is 2. The molecule has 19 heavy (non-hydrogen) atoms. The molecule has 0 spiro atoms. The van der Waals surface area contributed by atoms with Gasteiger partial charge in [-0.05, 0) is 42.9 Å². The van der Waals surface area contributed by atoms with E-state index in [1.54, 1.807) is 12.1 Å². The number of phenolic OH excluding ortho intramolecular Hbond substituents is 1. The first-order chi connectivity index (χ1) is 8.91. The highest BCUT2D eigenvalue weighted by Crippen LogP contribution is 2.40. The molecule has 104 valence electrons. The van der Waals surface area contributed by atoms with Gasteiger partial charge in [-0.2, -0.15) is 0 Å². The van der Waals surface area contributed by atoms with Crippen LogP contribution in [0.25, 0.3) is 0 Å². The number of ketones is 1. The number of nitrogens with two attached hydrogens (primary N) is 1. The number of hydrogen-bond acceptors (Lipinski definition) is 4. The second-order valence-electron chi connectivity index (χ2n) is 5.96. The molecule has 1 aliphatic carbocycles. The minimum atomic E-state index is -0.156. The first-order valence-electron chi connectivity index (χ1n) is 6.64. The summed E-state index contributed by atoms with van der Waals surface area (Å²) in [5.41, 5.74) is 6.10. The van der Waals surface area contributed by atoms with Gasteiger partial charge in [0, 0.05) is 5.56 Å². The molecule has 0 bridgehead atoms. The molecule has 1 aliphatic rings. The lowest BCUT2D eigenvalue weighted by Gasteiger charge is -2.18. The molecule has 0 aromatic heterocycles. The highest BCUT2D eigenvalue weighted by atomic mass is 16.5. The van der Waals surface area contributed by atoms with Crippen molar-refractivity contribution in [1.29, 1.82) is 0 Å². The Kier molecular flexibility index (Phi) is 3.80. The van der Waals surface area contributed by atoms with Crippen LogP contribution < -0.4 is 10.5 Å². The van der Waals surface area contributed by atoms with Gasteiger partial charge in [0.2, 0.25) is 0 Å². The quantitative estimate of drug-likeness (QED) is 0.819. The van der Waals surface area contributed by atoms with Gasteiger partial charge in [0.1, 0.15) is 0 Å². The van der Waals surface area contributed by atoms with Crippen LogP contribution in [-0.4, -0.2) is 23.5 Å². The zero-order valence-electron chi connectivity index (χ0n) is 11.5. The topological polar surface area (TPSA) is 72.5 Å². The molecule has 4 nitrogen and oxygen atoms in total. The number of Topliss-reactive ketones (excluding diaryl/α,β-unsaturated/α-hetero) is 1. The summed E-state index contributed by atoms with van der Waals surface area (Å²) in [4.78, 5) is 11.6. The van der Waals surface area contributed by atoms with E-state index in [1.165, 1.54) is 6.07 Å². The Morgan fingerprint density at radius 1 is 1.53 bits per heavy atom. The highest BCUT2D eigenvalue weighted by molar-refractivity contribution is 5.98. The molecular formula is C15H21NO3. The van der Waals surface area contributed by atoms with E-state index in [1.807, 2.05) is 0 Å². The van der Waals surface area contributed by atoms with Gasteiger partial charge >= 0.3 is 0 Å². The van der Waals surface area contributed by atoms with E-state index in [0.717, 1.165) is 19.3 Å². The number of aromatic hydroxyl groups is 1. The van der Waals surface area contributed by atoms with Crippen LogP contribution in [0.5, 0.6) is 11.5 Å². The van der Waals surface area contributed by atoms with Crippen molar-refractivity contribution >= 4 is 5.78 Å². The summed E-state index contributed by atoms with van der Waals surface area (Å²) in [5.74, 6) is 0.289. The Morgan fingerprint density at radius 2 is 2.26 bits per heavy atom. The molecular weight excluding hydrogens is 242 g/mol. The molecule has 1 atom stereocenters. The number of rotatable bonds is 4. The third kappa shape index (κ3) is 3.26. The molecule has 0 saturated heterocycles. The Labute approximate surface area is 113 Å². The highest BCUT2D eigenvalue weighted by Gasteiger charge is 2.32. The average Bonchev–Trinajstić information content (AvgIpc) is 2.70. The molecule has 1 fully saturated rings. The molecule has 1 aromatic carbocycles. The summed E-state index contributed by atoms with van der Waals surface area (Å²) in [6.07, 6.45) is 3.15. The van der Waals surface area contributed by atoms with Crippen LogP contribution >= 0.6 is 0 Å². The summed E-state index contributed by atoms with van der Waals surface area (Å²) >= 11 is 0. The first kappa shape index (κ1) is 13.9. The Morgan fingerprint density at radius 3 is 2.84 bits per heavy atom. The van der Waals surface area contributed by atoms with Crippen molar-refractivity contribution in [2.24, 2.45) is 11.1 Å². The maximum absolute atomic E-state index is 11.6. The van der Waals surface area contributed by atoms with Crippen molar-refractivity contribution in [2.45, 2.75) is 39.2 Å². The summed E-state index contributed by atoms with van der Waals surface area (Å²) in [6.45, 7) is 4.38. The van der Waals surface area contributed by atoms with Crippen LogP contribution in [0, 0.1) is 5.41 Å². The molecule has 1 unspecified atom stereocenters. The Hall–Kier alpha value is -1.55. The summed E-state index contributed by atoms with van der Waals surface area (Å²) < 4.78 is 5.83. The van der Waals surface area contributed by atoms with E-state index in [4.69, 9.17) is 10.5 Å². The zero-order valence-corrected chi connectivity index (χ0v) is 11.5. The van der Waals surface area contributed by atoms with E-state index in [0.29, 0.717) is 11.3 Å². The van der Waals surface area contributed by atoms with Gasteiger partial charge in [0.25, 0.3) is 0 Å². The van der Waals surface area contributed by atoms with Crippen molar-refractivity contribution in [3.63, 3.8) is 0 Å². The summed E-state index contributed by atoms with van der Waals surface area (Å²) in [7, 11) is 0. The van der Waals surface area contributed by atoms with E-state index in [2.05, 4.69) is 13.8 Å². The predicted octanol–water partition coefficient (Wildman–Crippen LogP) is 2.49. The second-order valence-corrected chi connectivity index (χ2v) is 5.96. The van der Waals surface area contributed by atoms with Crippen molar-refractivity contribution in [3.05, 3.63) is 23.8 Å². The summed E-state index contributed by atoms with van der Waals surface area (Å²) in [6, 6.07) is 4.63. The lowest BCUT2D eigenvalue weighted by atomic mass is 9.92. The molecule has 3 N–H and O–H groups in total. The SMILES string of the molecule is CC1(C)CCC(Oc2cc(C(=O)CN)ccc2O)C1. The van der Waals surface area contributed by atoms with Crippen LogP contribution in [0.15, 0.2) is 18.2 Å². The second kappa shape index (κ2) is 5.21. The maximum atomic E-state index is 11.6. The molecule has 2 rings (SSSR count). The fourth-order valence-electron chi connectivity index (χ4n) is 2.55. The molecule has 0 aliphatic heterocycles. The van der Waals surface area contributed by atoms with Gasteiger partial charge in [-0.1, -0.05) is 13.8 Å². The van der Waals surface area contributed by atoms with E-state index in [9.17, 15) is 9.90 Å². The normalized spacial score (nSPS) is 21.3. The fourth-order valence-corrected chi connectivity index (χ4v) is 2.55. The van der Waals surface area contributed by atoms with Crippen molar-refractivity contribution in [3.8, 4) is 11.5 Å².